The molecule has 0 radical (unpaired) electrons. The summed E-state index contributed by atoms with van der Waals surface area (Å²) in [7, 11) is -4.07. The van der Waals surface area contributed by atoms with Gasteiger partial charge in [0.2, 0.25) is 0 Å². The van der Waals surface area contributed by atoms with E-state index in [1.165, 1.54) is 93.9 Å². The van der Waals surface area contributed by atoms with Crippen molar-refractivity contribution >= 4 is 13.6 Å². The van der Waals surface area contributed by atoms with E-state index in [2.05, 4.69) is 11.9 Å². The first-order chi connectivity index (χ1) is 23.7. The number of aromatic nitrogens is 2. The van der Waals surface area contributed by atoms with E-state index in [-0.39, 0.29) is 32.1 Å². The van der Waals surface area contributed by atoms with Crippen LogP contribution in [0.25, 0.3) is 0 Å². The molecule has 0 amide bonds. The van der Waals surface area contributed by atoms with Gasteiger partial charge in [0, 0.05) is 19.4 Å². The highest BCUT2D eigenvalue weighted by Crippen LogP contribution is 2.51. The van der Waals surface area contributed by atoms with Gasteiger partial charge in [-0.05, 0) is 32.8 Å². The maximum absolute atomic E-state index is 13.5. The molecule has 15 heteroatoms. The molecule has 5 atom stereocenters. The number of nitrogens with zero attached hydrogens (tertiary/aromatic N) is 3. The fourth-order valence-electron chi connectivity index (χ4n) is 6.00. The Morgan fingerprint density at radius 1 is 0.898 bits per heavy atom. The Hall–Kier alpha value is -1.92. The smallest absolute Gasteiger partial charge is 0.381 e. The molecule has 3 heterocycles. The molecule has 49 heavy (non-hydrogen) atoms. The van der Waals surface area contributed by atoms with Gasteiger partial charge in [0.1, 0.15) is 18.3 Å². The molecule has 2 aliphatic heterocycles. The number of anilines is 1. The zero-order valence-electron chi connectivity index (χ0n) is 29.7. The number of hydrogen-bond acceptors (Lipinski definition) is 13. The van der Waals surface area contributed by atoms with E-state index in [9.17, 15) is 9.36 Å². The van der Waals surface area contributed by atoms with Crippen molar-refractivity contribution in [3.63, 3.8) is 0 Å². The molecule has 2 unspecified atom stereocenters. The lowest BCUT2D eigenvalue weighted by atomic mass is 10.0. The van der Waals surface area contributed by atoms with Crippen LogP contribution in [0.15, 0.2) is 17.1 Å². The molecule has 0 bridgehead atoms. The third-order valence-electron chi connectivity index (χ3n) is 8.53. The Morgan fingerprint density at radius 3 is 2.10 bits per heavy atom. The molecule has 14 nitrogen and oxygen atoms in total. The summed E-state index contributed by atoms with van der Waals surface area (Å²) in [5.41, 5.74) is 1.15. The van der Waals surface area contributed by atoms with Gasteiger partial charge in [0.05, 0.1) is 32.3 Å². The van der Waals surface area contributed by atoms with Gasteiger partial charge in [-0.2, -0.15) is 10.2 Å². The second-order valence-corrected chi connectivity index (χ2v) is 14.8. The maximum atomic E-state index is 13.5. The topological polar surface area (TPSA) is 173 Å². The molecular weight excluding hydrogens is 655 g/mol. The molecule has 280 valence electrons. The van der Waals surface area contributed by atoms with Crippen molar-refractivity contribution in [1.29, 1.82) is 5.26 Å². The van der Waals surface area contributed by atoms with E-state index in [0.29, 0.717) is 19.6 Å². The summed E-state index contributed by atoms with van der Waals surface area (Å²) in [5.74, 6) is -0.998. The van der Waals surface area contributed by atoms with E-state index in [1.807, 2.05) is 11.5 Å². The van der Waals surface area contributed by atoms with E-state index in [1.54, 1.807) is 13.8 Å². The number of phosphoric acid groups is 1. The van der Waals surface area contributed by atoms with E-state index >= 15 is 0 Å². The molecule has 2 aliphatic rings. The second kappa shape index (κ2) is 22.8. The molecule has 0 aromatic carbocycles. The summed E-state index contributed by atoms with van der Waals surface area (Å²) in [5, 5.41) is 18.0. The van der Waals surface area contributed by atoms with Crippen LogP contribution < -0.4 is 11.2 Å². The third-order valence-corrected chi connectivity index (χ3v) is 9.99. The minimum Gasteiger partial charge on any atom is -0.381 e. The van der Waals surface area contributed by atoms with Crippen LogP contribution in [0.2, 0.25) is 0 Å². The van der Waals surface area contributed by atoms with Crippen LogP contribution in [0.3, 0.4) is 0 Å². The van der Waals surface area contributed by atoms with Crippen LogP contribution in [-0.4, -0.2) is 71.9 Å². The lowest BCUT2D eigenvalue weighted by Gasteiger charge is -2.25. The van der Waals surface area contributed by atoms with Crippen LogP contribution in [0, 0.1) is 11.3 Å². The predicted molar refractivity (Wildman–Crippen MR) is 183 cm³/mol. The summed E-state index contributed by atoms with van der Waals surface area (Å²) in [4.78, 5) is 16.4. The van der Waals surface area contributed by atoms with Gasteiger partial charge in [-0.15, -0.1) is 0 Å². The molecule has 1 aromatic heterocycles. The van der Waals surface area contributed by atoms with Crippen molar-refractivity contribution in [1.82, 2.24) is 9.55 Å². The highest BCUT2D eigenvalue weighted by Gasteiger charge is 2.56. The summed E-state index contributed by atoms with van der Waals surface area (Å²) in [6.07, 6.45) is 17.1. The fraction of sp³-hybridized carbons (Fsp3) is 0.853. The van der Waals surface area contributed by atoms with Crippen molar-refractivity contribution in [2.24, 2.45) is 0 Å². The lowest BCUT2D eigenvalue weighted by molar-refractivity contribution is -0.200. The summed E-state index contributed by atoms with van der Waals surface area (Å²) < 4.78 is 55.3. The maximum Gasteiger partial charge on any atom is 0.474 e. The number of rotatable bonds is 28. The molecule has 0 spiro atoms. The number of fused-ring (bicyclic) bond motifs is 1. The van der Waals surface area contributed by atoms with Crippen LogP contribution in [0.5, 0.6) is 0 Å². The van der Waals surface area contributed by atoms with Crippen molar-refractivity contribution in [3.8, 4) is 6.07 Å². The Morgan fingerprint density at radius 2 is 1.49 bits per heavy atom. The van der Waals surface area contributed by atoms with Crippen LogP contribution in [0.1, 0.15) is 130 Å². The Balaban J connectivity index is 1.33. The molecular formula is C34H59N4O10P. The molecule has 0 saturated carbocycles. The molecule has 0 aliphatic carbocycles. The van der Waals surface area contributed by atoms with E-state index < -0.39 is 43.8 Å². The lowest BCUT2D eigenvalue weighted by Crippen LogP contribution is -2.34. The van der Waals surface area contributed by atoms with Crippen molar-refractivity contribution in [3.05, 3.63) is 22.7 Å². The normalized spacial score (nSPS) is 22.5. The Labute approximate surface area is 291 Å². The average molecular weight is 715 g/mol. The highest BCUT2D eigenvalue weighted by molar-refractivity contribution is 7.48. The number of nitriles is 1. The van der Waals surface area contributed by atoms with Gasteiger partial charge in [0.15, 0.2) is 17.8 Å². The quantitative estimate of drug-likeness (QED) is 0.0499. The van der Waals surface area contributed by atoms with Crippen LogP contribution >= 0.6 is 7.82 Å². The Bertz CT molecular complexity index is 1210. The zero-order valence-corrected chi connectivity index (χ0v) is 30.6. The van der Waals surface area contributed by atoms with Gasteiger partial charge < -0.3 is 18.9 Å². The van der Waals surface area contributed by atoms with Crippen LogP contribution in [0.4, 0.5) is 5.82 Å². The van der Waals surface area contributed by atoms with Crippen molar-refractivity contribution in [2.75, 3.05) is 38.5 Å². The molecule has 2 N–H and O–H groups in total. The van der Waals surface area contributed by atoms with Gasteiger partial charge in [-0.1, -0.05) is 90.4 Å². The van der Waals surface area contributed by atoms with Crippen molar-refractivity contribution in [2.45, 2.75) is 154 Å². The first-order valence-corrected chi connectivity index (χ1v) is 19.7. The predicted octanol–water partition coefficient (Wildman–Crippen LogP) is 7.42. The zero-order chi connectivity index (χ0) is 35.4. The van der Waals surface area contributed by atoms with Gasteiger partial charge in [0.25, 0.3) is 0 Å². The SMILES string of the molecule is CCCCCCCCCCCCCCCCOCCCOP(=O)(OCCC#N)OC[C@H]1O[C@@H](n2ccc(NO)nc2=O)C2OC(C)(C)O[C@H]21. The molecule has 2 fully saturated rings. The third kappa shape index (κ3) is 15.1. The molecule has 3 rings (SSSR count). The summed E-state index contributed by atoms with van der Waals surface area (Å²) in [6, 6.07) is 3.35. The van der Waals surface area contributed by atoms with E-state index in [4.69, 9.17) is 43.0 Å². The van der Waals surface area contributed by atoms with Crippen LogP contribution in [-0.2, 0) is 37.1 Å². The monoisotopic (exact) mass is 714 g/mol. The summed E-state index contributed by atoms with van der Waals surface area (Å²) >= 11 is 0. The minimum absolute atomic E-state index is 0.00542. The molecule has 1 aromatic rings. The highest BCUT2D eigenvalue weighted by atomic mass is 31.2. The largest absolute Gasteiger partial charge is 0.474 e. The first-order valence-electron chi connectivity index (χ1n) is 18.2. The number of ether oxygens (including phenoxy) is 4. The summed E-state index contributed by atoms with van der Waals surface area (Å²) in [6.45, 7) is 6.53. The average Bonchev–Trinajstić information content (AvgIpc) is 3.57. The Kier molecular flexibility index (Phi) is 19.3. The minimum atomic E-state index is -4.07. The number of phosphoric ester groups is 1. The number of nitrogens with one attached hydrogen (secondary N) is 1. The van der Waals surface area contributed by atoms with Crippen molar-refractivity contribution < 1.29 is 42.3 Å². The van der Waals surface area contributed by atoms with Gasteiger partial charge in [-0.3, -0.25) is 28.8 Å². The first kappa shape index (κ1) is 41.5. The second-order valence-electron chi connectivity index (χ2n) is 13.1. The number of unbranched alkanes of at least 4 members (excludes halogenated alkanes) is 13. The van der Waals surface area contributed by atoms with Gasteiger partial charge in [-0.25, -0.2) is 9.36 Å². The number of hydrogen-bond donors (Lipinski definition) is 2. The standard InChI is InChI=1S/C34H59N4O10P/c1-4-5-6-7-8-9-10-11-12-13-14-15-16-17-23-42-24-19-26-44-49(41,43-25-18-21-35)45-27-28-30-31(48-34(2,3)47-30)32(46-28)38-22-20-29(37-40)36-33(38)39/h20,22,28,30-32,40H,4-19,23-27H2,1-3H3,(H,36,37,39)/t28-,30+,31?,32-,49?/m1/s1. The van der Waals surface area contributed by atoms with E-state index in [0.717, 1.165) is 12.8 Å². The fourth-order valence-corrected chi connectivity index (χ4v) is 7.22. The molecule has 2 saturated heterocycles. The van der Waals surface area contributed by atoms with Gasteiger partial charge >= 0.3 is 13.5 Å².